The van der Waals surface area contributed by atoms with E-state index in [2.05, 4.69) is 13.0 Å². The first-order valence-corrected chi connectivity index (χ1v) is 3.97. The van der Waals surface area contributed by atoms with E-state index in [1.807, 2.05) is 30.4 Å². The van der Waals surface area contributed by atoms with Crippen molar-refractivity contribution in [3.8, 4) is 0 Å². The highest BCUT2D eigenvalue weighted by Crippen LogP contribution is 2.22. The van der Waals surface area contributed by atoms with Crippen LogP contribution in [0.2, 0.25) is 0 Å². The highest BCUT2D eigenvalue weighted by molar-refractivity contribution is 5.73. The molecule has 0 saturated heterocycles. The average molecular weight is 158 g/mol. The van der Waals surface area contributed by atoms with Gasteiger partial charge in [0.1, 0.15) is 5.76 Å². The average Bonchev–Trinajstić information content (AvgIpc) is 2.47. The zero-order valence-electron chi connectivity index (χ0n) is 6.95. The van der Waals surface area contributed by atoms with E-state index in [0.717, 1.165) is 5.76 Å². The van der Waals surface area contributed by atoms with Gasteiger partial charge in [-0.3, -0.25) is 0 Å². The fourth-order valence-electron chi connectivity index (χ4n) is 1.27. The van der Waals surface area contributed by atoms with Gasteiger partial charge in [0.25, 0.3) is 0 Å². The maximum Gasteiger partial charge on any atom is 0.134 e. The smallest absolute Gasteiger partial charge is 0.134 e. The summed E-state index contributed by atoms with van der Waals surface area (Å²) in [6.45, 7) is 2.08. The summed E-state index contributed by atoms with van der Waals surface area (Å²) >= 11 is 0. The Bertz CT molecular complexity index is 364. The number of furan rings is 1. The molecule has 0 spiro atoms. The fourth-order valence-corrected chi connectivity index (χ4v) is 1.27. The summed E-state index contributed by atoms with van der Waals surface area (Å²) in [4.78, 5) is 0. The molecular formula is C11H10O. The SMILES string of the molecule is CC1=CC=CC=Cc2occc21. The maximum atomic E-state index is 5.30. The monoisotopic (exact) mass is 158 g/mol. The molecule has 1 heterocycles. The van der Waals surface area contributed by atoms with Crippen molar-refractivity contribution >= 4 is 11.6 Å². The van der Waals surface area contributed by atoms with Gasteiger partial charge in [0.2, 0.25) is 0 Å². The van der Waals surface area contributed by atoms with Gasteiger partial charge in [-0.05, 0) is 24.6 Å². The van der Waals surface area contributed by atoms with Crippen LogP contribution in [-0.2, 0) is 0 Å². The Morgan fingerprint density at radius 3 is 3.00 bits per heavy atom. The van der Waals surface area contributed by atoms with E-state index in [4.69, 9.17) is 4.42 Å². The number of allylic oxidation sites excluding steroid dienone is 5. The quantitative estimate of drug-likeness (QED) is 0.564. The fraction of sp³-hybridized carbons (Fsp3) is 0.0909. The van der Waals surface area contributed by atoms with Gasteiger partial charge in [0, 0.05) is 5.56 Å². The zero-order valence-corrected chi connectivity index (χ0v) is 6.95. The van der Waals surface area contributed by atoms with E-state index in [1.54, 1.807) is 6.26 Å². The summed E-state index contributed by atoms with van der Waals surface area (Å²) in [6, 6.07) is 1.99. The van der Waals surface area contributed by atoms with E-state index in [0.29, 0.717) is 0 Å². The lowest BCUT2D eigenvalue weighted by molar-refractivity contribution is 0.556. The molecule has 0 bridgehead atoms. The van der Waals surface area contributed by atoms with Gasteiger partial charge in [0.15, 0.2) is 0 Å². The molecular weight excluding hydrogens is 148 g/mol. The Labute approximate surface area is 71.7 Å². The predicted molar refractivity (Wildman–Crippen MR) is 50.5 cm³/mol. The topological polar surface area (TPSA) is 13.1 Å². The van der Waals surface area contributed by atoms with Gasteiger partial charge in [-0.1, -0.05) is 24.3 Å². The van der Waals surface area contributed by atoms with E-state index >= 15 is 0 Å². The Hall–Kier alpha value is -1.50. The lowest BCUT2D eigenvalue weighted by atomic mass is 10.1. The van der Waals surface area contributed by atoms with Crippen molar-refractivity contribution in [1.29, 1.82) is 0 Å². The molecule has 0 radical (unpaired) electrons. The molecule has 0 amide bonds. The number of fused-ring (bicyclic) bond motifs is 1. The van der Waals surface area contributed by atoms with Crippen LogP contribution in [0, 0.1) is 0 Å². The van der Waals surface area contributed by atoms with Crippen molar-refractivity contribution in [3.63, 3.8) is 0 Å². The molecule has 0 aliphatic heterocycles. The summed E-state index contributed by atoms with van der Waals surface area (Å²) in [5.41, 5.74) is 2.41. The molecule has 1 aromatic rings. The second-order valence-electron chi connectivity index (χ2n) is 2.79. The Balaban J connectivity index is 2.58. The highest BCUT2D eigenvalue weighted by atomic mass is 16.3. The standard InChI is InChI=1S/C11H10O/c1-9-5-3-2-4-6-11-10(9)7-8-12-11/h2-8H,1H3. The van der Waals surface area contributed by atoms with Crippen LogP contribution in [0.4, 0.5) is 0 Å². The third-order valence-electron chi connectivity index (χ3n) is 1.94. The zero-order chi connectivity index (χ0) is 8.39. The second-order valence-corrected chi connectivity index (χ2v) is 2.79. The second kappa shape index (κ2) is 2.86. The molecule has 0 fully saturated rings. The first-order chi connectivity index (χ1) is 5.88. The van der Waals surface area contributed by atoms with Crippen LogP contribution in [0.1, 0.15) is 18.2 Å². The Kier molecular flexibility index (Phi) is 1.71. The van der Waals surface area contributed by atoms with Crippen molar-refractivity contribution in [2.75, 3.05) is 0 Å². The minimum absolute atomic E-state index is 0.938. The summed E-state index contributed by atoms with van der Waals surface area (Å²) in [7, 11) is 0. The number of rotatable bonds is 0. The number of hydrogen-bond donors (Lipinski definition) is 0. The molecule has 0 unspecified atom stereocenters. The molecule has 2 rings (SSSR count). The van der Waals surface area contributed by atoms with Crippen molar-refractivity contribution in [2.45, 2.75) is 6.92 Å². The maximum absolute atomic E-state index is 5.30. The van der Waals surface area contributed by atoms with Crippen LogP contribution >= 0.6 is 0 Å². The van der Waals surface area contributed by atoms with Crippen molar-refractivity contribution < 1.29 is 4.42 Å². The summed E-state index contributed by atoms with van der Waals surface area (Å²) in [6.07, 6.45) is 11.8. The van der Waals surface area contributed by atoms with Crippen molar-refractivity contribution in [3.05, 3.63) is 48.0 Å². The van der Waals surface area contributed by atoms with Crippen molar-refractivity contribution in [1.82, 2.24) is 0 Å². The number of hydrogen-bond acceptors (Lipinski definition) is 1. The van der Waals surface area contributed by atoms with E-state index in [9.17, 15) is 0 Å². The Morgan fingerprint density at radius 1 is 1.17 bits per heavy atom. The predicted octanol–water partition coefficient (Wildman–Crippen LogP) is 3.27. The largest absolute Gasteiger partial charge is 0.464 e. The first-order valence-electron chi connectivity index (χ1n) is 3.97. The van der Waals surface area contributed by atoms with Gasteiger partial charge < -0.3 is 4.42 Å². The third kappa shape index (κ3) is 1.14. The third-order valence-corrected chi connectivity index (χ3v) is 1.94. The highest BCUT2D eigenvalue weighted by Gasteiger charge is 2.04. The lowest BCUT2D eigenvalue weighted by Gasteiger charge is -1.98. The van der Waals surface area contributed by atoms with Crippen LogP contribution in [-0.4, -0.2) is 0 Å². The molecule has 1 aromatic heterocycles. The molecule has 0 saturated carbocycles. The molecule has 60 valence electrons. The minimum Gasteiger partial charge on any atom is -0.464 e. The lowest BCUT2D eigenvalue weighted by Crippen LogP contribution is -1.79. The summed E-state index contributed by atoms with van der Waals surface area (Å²) in [5, 5.41) is 0. The minimum atomic E-state index is 0.938. The van der Waals surface area contributed by atoms with E-state index < -0.39 is 0 Å². The van der Waals surface area contributed by atoms with Crippen molar-refractivity contribution in [2.24, 2.45) is 0 Å². The first kappa shape index (κ1) is 7.17. The van der Waals surface area contributed by atoms with Crippen LogP contribution < -0.4 is 0 Å². The van der Waals surface area contributed by atoms with Gasteiger partial charge in [-0.25, -0.2) is 0 Å². The molecule has 0 aromatic carbocycles. The summed E-state index contributed by atoms with van der Waals surface area (Å²) in [5.74, 6) is 0.938. The molecule has 1 nitrogen and oxygen atoms in total. The van der Waals surface area contributed by atoms with Crippen LogP contribution in [0.3, 0.4) is 0 Å². The molecule has 1 aliphatic carbocycles. The van der Waals surface area contributed by atoms with Gasteiger partial charge in [-0.15, -0.1) is 0 Å². The Morgan fingerprint density at radius 2 is 2.08 bits per heavy atom. The van der Waals surface area contributed by atoms with Gasteiger partial charge >= 0.3 is 0 Å². The molecule has 0 N–H and O–H groups in total. The van der Waals surface area contributed by atoms with Crippen LogP contribution in [0.5, 0.6) is 0 Å². The van der Waals surface area contributed by atoms with Crippen LogP contribution in [0.25, 0.3) is 11.6 Å². The molecule has 1 heteroatoms. The van der Waals surface area contributed by atoms with Gasteiger partial charge in [0.05, 0.1) is 6.26 Å². The van der Waals surface area contributed by atoms with Crippen LogP contribution in [0.15, 0.2) is 41.1 Å². The van der Waals surface area contributed by atoms with Gasteiger partial charge in [-0.2, -0.15) is 0 Å². The van der Waals surface area contributed by atoms with E-state index in [1.165, 1.54) is 11.1 Å². The molecule has 12 heavy (non-hydrogen) atoms. The summed E-state index contributed by atoms with van der Waals surface area (Å²) < 4.78 is 5.30. The normalized spacial score (nSPS) is 14.9. The van der Waals surface area contributed by atoms with E-state index in [-0.39, 0.29) is 0 Å². The molecule has 1 aliphatic rings. The molecule has 0 atom stereocenters.